The molecule has 8 heteroatoms. The van der Waals surface area contributed by atoms with Gasteiger partial charge in [0.1, 0.15) is 11.0 Å². The molecule has 3 heterocycles. The van der Waals surface area contributed by atoms with Crippen LogP contribution in [-0.4, -0.2) is 34.6 Å². The number of anilines is 2. The molecule has 1 unspecified atom stereocenters. The van der Waals surface area contributed by atoms with Gasteiger partial charge in [-0.15, -0.1) is 0 Å². The van der Waals surface area contributed by atoms with Crippen LogP contribution in [0.2, 0.25) is 23.3 Å². The van der Waals surface area contributed by atoms with E-state index in [-0.39, 0.29) is 16.9 Å². The monoisotopic (exact) mass is 459 g/mol. The molecule has 6 nitrogen and oxygen atoms in total. The number of rotatable bonds is 6. The van der Waals surface area contributed by atoms with Gasteiger partial charge in [0.2, 0.25) is 5.95 Å². The summed E-state index contributed by atoms with van der Waals surface area (Å²) in [7, 11) is -2.27. The molecule has 0 bridgehead atoms. The molecular weight excluding hydrogens is 426 g/mol. The van der Waals surface area contributed by atoms with Crippen LogP contribution in [0.4, 0.5) is 11.8 Å². The molecule has 2 aromatic heterocycles. The third-order valence-corrected chi connectivity index (χ3v) is 11.5. The average molecular weight is 460 g/mol. The second kappa shape index (κ2) is 8.01. The van der Waals surface area contributed by atoms with Crippen molar-refractivity contribution in [2.24, 2.45) is 0 Å². The molecule has 0 aromatic carbocycles. The highest BCUT2D eigenvalue weighted by molar-refractivity contribution is 6.72. The van der Waals surface area contributed by atoms with Crippen molar-refractivity contribution in [3.63, 3.8) is 0 Å². The van der Waals surface area contributed by atoms with E-state index in [1.54, 1.807) is 0 Å². The highest BCUT2D eigenvalue weighted by Crippen LogP contribution is 2.47. The van der Waals surface area contributed by atoms with Gasteiger partial charge in [0.25, 0.3) is 0 Å². The lowest BCUT2D eigenvalue weighted by Gasteiger charge is -2.35. The Hall–Kier alpha value is -1.70. The van der Waals surface area contributed by atoms with Crippen LogP contribution < -0.4 is 10.6 Å². The summed E-state index contributed by atoms with van der Waals surface area (Å²) in [5, 5.41) is 0.367. The van der Waals surface area contributed by atoms with Gasteiger partial charge < -0.3 is 15.4 Å². The minimum Gasteiger partial charge on any atom is -0.432 e. The second-order valence-electron chi connectivity index (χ2n) is 10.4. The highest BCUT2D eigenvalue weighted by atomic mass is 35.5. The third kappa shape index (κ3) is 4.20. The zero-order valence-electron chi connectivity index (χ0n) is 19.3. The Morgan fingerprint density at radius 1 is 1.29 bits per heavy atom. The van der Waals surface area contributed by atoms with E-state index in [4.69, 9.17) is 22.3 Å². The van der Waals surface area contributed by atoms with Gasteiger partial charge in [-0.25, -0.2) is 4.98 Å². The molecule has 0 radical (unpaired) electrons. The Bertz CT molecular complexity index is 1000. The smallest absolute Gasteiger partial charge is 0.223 e. The SMILES string of the molecule is Cc1c(CN2CC(CCC(C)(C)[Si](C)(C)O)c3c(Cl)nc(N)nc32)ncc2c1CCC2. The van der Waals surface area contributed by atoms with Crippen LogP contribution >= 0.6 is 11.6 Å². The van der Waals surface area contributed by atoms with Gasteiger partial charge in [-0.1, -0.05) is 25.4 Å². The van der Waals surface area contributed by atoms with Crippen molar-refractivity contribution in [1.29, 1.82) is 0 Å². The standard InChI is InChI=1S/C23H34ClN5OSi/c1-14-17-8-6-7-15(17)11-26-18(14)13-29-12-16(9-10-23(2,3)31(4,5)30)19-20(24)27-22(25)28-21(19)29/h11,16,30H,6-10,12-13H2,1-5H3,(H2,25,27,28). The molecule has 0 saturated heterocycles. The topological polar surface area (TPSA) is 88.2 Å². The van der Waals surface area contributed by atoms with Crippen molar-refractivity contribution in [2.75, 3.05) is 17.2 Å². The molecule has 1 aliphatic carbocycles. The van der Waals surface area contributed by atoms with Crippen LogP contribution in [0, 0.1) is 6.92 Å². The van der Waals surface area contributed by atoms with Gasteiger partial charge in [0, 0.05) is 24.2 Å². The van der Waals surface area contributed by atoms with Crippen LogP contribution in [0.3, 0.4) is 0 Å². The number of pyridine rings is 1. The number of nitrogens with two attached hydrogens (primary N) is 1. The maximum atomic E-state index is 10.7. The molecule has 2 aliphatic rings. The lowest BCUT2D eigenvalue weighted by atomic mass is 9.94. The van der Waals surface area contributed by atoms with E-state index in [0.29, 0.717) is 11.7 Å². The minimum absolute atomic E-state index is 0.0835. The van der Waals surface area contributed by atoms with Crippen LogP contribution in [0.5, 0.6) is 0 Å². The molecule has 0 amide bonds. The molecule has 2 aromatic rings. The maximum absolute atomic E-state index is 10.7. The summed E-state index contributed by atoms with van der Waals surface area (Å²) >= 11 is 6.57. The summed E-state index contributed by atoms with van der Waals surface area (Å²) in [5.74, 6) is 1.26. The quantitative estimate of drug-likeness (QED) is 0.478. The van der Waals surface area contributed by atoms with E-state index < -0.39 is 8.32 Å². The van der Waals surface area contributed by atoms with Crippen molar-refractivity contribution >= 4 is 31.7 Å². The van der Waals surface area contributed by atoms with Crippen LogP contribution in [0.25, 0.3) is 0 Å². The minimum atomic E-state index is -2.27. The number of hydrogen-bond donors (Lipinski definition) is 2. The molecule has 168 valence electrons. The largest absolute Gasteiger partial charge is 0.432 e. The lowest BCUT2D eigenvalue weighted by Crippen LogP contribution is -2.39. The van der Waals surface area contributed by atoms with Gasteiger partial charge in [0.05, 0.1) is 12.2 Å². The van der Waals surface area contributed by atoms with Crippen molar-refractivity contribution in [3.8, 4) is 0 Å². The van der Waals surface area contributed by atoms with Crippen LogP contribution in [0.1, 0.15) is 67.0 Å². The number of halogens is 1. The van der Waals surface area contributed by atoms with Gasteiger partial charge >= 0.3 is 0 Å². The number of nitrogens with zero attached hydrogens (tertiary/aromatic N) is 4. The Balaban J connectivity index is 1.61. The second-order valence-corrected chi connectivity index (χ2v) is 15.2. The fourth-order valence-electron chi connectivity index (χ4n) is 4.80. The van der Waals surface area contributed by atoms with Crippen molar-refractivity contribution < 1.29 is 4.80 Å². The zero-order chi connectivity index (χ0) is 22.6. The molecule has 3 N–H and O–H groups in total. The van der Waals surface area contributed by atoms with E-state index in [9.17, 15) is 4.80 Å². The fraction of sp³-hybridized carbons (Fsp3) is 0.609. The van der Waals surface area contributed by atoms with E-state index in [0.717, 1.165) is 49.3 Å². The van der Waals surface area contributed by atoms with Crippen molar-refractivity contribution in [2.45, 2.75) is 83.5 Å². The normalized spacial score (nSPS) is 18.4. The number of aromatic nitrogens is 3. The van der Waals surface area contributed by atoms with Crippen molar-refractivity contribution in [3.05, 3.63) is 39.3 Å². The average Bonchev–Trinajstić information content (AvgIpc) is 3.27. The van der Waals surface area contributed by atoms with Crippen LogP contribution in [-0.2, 0) is 19.4 Å². The molecule has 1 atom stereocenters. The number of hydrogen-bond acceptors (Lipinski definition) is 6. The molecule has 0 spiro atoms. The zero-order valence-corrected chi connectivity index (χ0v) is 21.1. The van der Waals surface area contributed by atoms with Gasteiger partial charge in [0.15, 0.2) is 8.32 Å². The predicted octanol–water partition coefficient (Wildman–Crippen LogP) is 4.77. The summed E-state index contributed by atoms with van der Waals surface area (Å²) in [5.41, 5.74) is 12.2. The van der Waals surface area contributed by atoms with E-state index in [2.05, 4.69) is 41.8 Å². The van der Waals surface area contributed by atoms with Gasteiger partial charge in [-0.3, -0.25) is 4.98 Å². The Labute approximate surface area is 191 Å². The van der Waals surface area contributed by atoms with Gasteiger partial charge in [-0.2, -0.15) is 4.98 Å². The summed E-state index contributed by atoms with van der Waals surface area (Å²) in [6, 6.07) is 0. The molecule has 31 heavy (non-hydrogen) atoms. The number of fused-ring (bicyclic) bond motifs is 2. The van der Waals surface area contributed by atoms with E-state index in [1.165, 1.54) is 23.1 Å². The van der Waals surface area contributed by atoms with Gasteiger partial charge in [-0.05, 0) is 73.9 Å². The van der Waals surface area contributed by atoms with Crippen LogP contribution in [0.15, 0.2) is 6.20 Å². The number of nitrogen functional groups attached to an aromatic ring is 1. The van der Waals surface area contributed by atoms with E-state index >= 15 is 0 Å². The maximum Gasteiger partial charge on any atom is 0.223 e. The first kappa shape index (κ1) is 22.5. The van der Waals surface area contributed by atoms with E-state index in [1.807, 2.05) is 13.1 Å². The summed E-state index contributed by atoms with van der Waals surface area (Å²) in [6.45, 7) is 12.1. The molecular formula is C23H34ClN5OSi. The van der Waals surface area contributed by atoms with Crippen molar-refractivity contribution in [1.82, 2.24) is 15.0 Å². The summed E-state index contributed by atoms with van der Waals surface area (Å²) in [6.07, 6.45) is 7.41. The molecule has 0 fully saturated rings. The summed E-state index contributed by atoms with van der Waals surface area (Å²) < 4.78 is 0. The molecule has 4 rings (SSSR count). The first-order valence-electron chi connectivity index (χ1n) is 11.2. The molecule has 0 saturated carbocycles. The first-order valence-corrected chi connectivity index (χ1v) is 14.6. The predicted molar refractivity (Wildman–Crippen MR) is 129 cm³/mol. The third-order valence-electron chi connectivity index (χ3n) is 7.68. The molecule has 1 aliphatic heterocycles. The lowest BCUT2D eigenvalue weighted by molar-refractivity contribution is 0.429. The fourth-order valence-corrected chi connectivity index (χ4v) is 5.89. The highest BCUT2D eigenvalue weighted by Gasteiger charge is 2.40. The Morgan fingerprint density at radius 3 is 2.74 bits per heavy atom. The Kier molecular flexibility index (Phi) is 5.81. The number of aryl methyl sites for hydroxylation is 1. The Morgan fingerprint density at radius 2 is 2.03 bits per heavy atom. The summed E-state index contributed by atoms with van der Waals surface area (Å²) in [4.78, 5) is 26.6. The first-order chi connectivity index (χ1) is 14.5.